The smallest absolute Gasteiger partial charge is 0.394 e. The Morgan fingerprint density at radius 3 is 1.32 bits per heavy atom. The number of carbonyl (C=O) groups is 1. The number of rotatable bonds is 10. The van der Waals surface area contributed by atoms with Crippen molar-refractivity contribution >= 4 is 6.16 Å². The molecule has 2 aromatic carbocycles. The first-order chi connectivity index (χ1) is 15.9. The van der Waals surface area contributed by atoms with E-state index in [9.17, 15) is 4.79 Å². The second-order valence-corrected chi connectivity index (χ2v) is 10.2. The summed E-state index contributed by atoms with van der Waals surface area (Å²) >= 11 is 0. The van der Waals surface area contributed by atoms with Gasteiger partial charge in [0.05, 0.1) is 12.2 Å². The van der Waals surface area contributed by atoms with Crippen LogP contribution in [0.2, 0.25) is 0 Å². The lowest BCUT2D eigenvalue weighted by Crippen LogP contribution is -2.19. The van der Waals surface area contributed by atoms with E-state index in [-0.39, 0.29) is 12.2 Å². The Bertz CT molecular complexity index is 899. The second-order valence-electron chi connectivity index (χ2n) is 10.2. The van der Waals surface area contributed by atoms with Gasteiger partial charge in [-0.2, -0.15) is 0 Å². The Labute approximate surface area is 205 Å². The molecule has 0 aliphatic heterocycles. The number of carbonyl (C=O) groups excluding carboxylic acids is 1. The molecule has 0 saturated heterocycles. The van der Waals surface area contributed by atoms with Gasteiger partial charge in [0, 0.05) is 24.3 Å². The molecular weight excluding hydrogens is 428 g/mol. The molecule has 0 heterocycles. The van der Waals surface area contributed by atoms with Crippen molar-refractivity contribution in [3.63, 3.8) is 0 Å². The van der Waals surface area contributed by atoms with E-state index in [1.807, 2.05) is 65.8 Å². The first-order valence-corrected chi connectivity index (χ1v) is 12.2. The van der Waals surface area contributed by atoms with Crippen LogP contribution in [0.4, 0.5) is 4.79 Å². The maximum atomic E-state index is 13.0. The maximum absolute atomic E-state index is 13.0. The fraction of sp³-hybridized carbons (Fsp3) is 0.552. The number of aryl methyl sites for hydroxylation is 4. The van der Waals surface area contributed by atoms with Crippen molar-refractivity contribution < 1.29 is 23.7 Å². The minimum absolute atomic E-state index is 0.218. The molecule has 0 aliphatic carbocycles. The number of hydrogen-bond acceptors (Lipinski definition) is 5. The predicted molar refractivity (Wildman–Crippen MR) is 137 cm³/mol. The second kappa shape index (κ2) is 12.4. The molecule has 5 nitrogen and oxygen atoms in total. The Morgan fingerprint density at radius 2 is 1.00 bits per heavy atom. The molecule has 34 heavy (non-hydrogen) atoms. The van der Waals surface area contributed by atoms with Crippen LogP contribution in [0.25, 0.3) is 0 Å². The lowest BCUT2D eigenvalue weighted by Gasteiger charge is -2.22. The molecule has 2 atom stereocenters. The van der Waals surface area contributed by atoms with Crippen LogP contribution < -0.4 is 9.47 Å². The van der Waals surface area contributed by atoms with Gasteiger partial charge in [-0.25, -0.2) is 4.79 Å². The fourth-order valence-electron chi connectivity index (χ4n) is 3.90. The molecule has 0 aliphatic rings. The Morgan fingerprint density at radius 1 is 0.647 bits per heavy atom. The van der Waals surface area contributed by atoms with Crippen molar-refractivity contribution in [3.05, 3.63) is 57.6 Å². The van der Waals surface area contributed by atoms with E-state index in [1.54, 1.807) is 0 Å². The average Bonchev–Trinajstić information content (AvgIpc) is 2.73. The highest BCUT2D eigenvalue weighted by molar-refractivity contribution is 5.70. The molecule has 0 fully saturated rings. The summed E-state index contributed by atoms with van der Waals surface area (Å²) in [6.07, 6.45) is -1.21. The van der Waals surface area contributed by atoms with E-state index < -0.39 is 6.16 Å². The summed E-state index contributed by atoms with van der Waals surface area (Å²) in [5.74, 6) is 1.79. The summed E-state index contributed by atoms with van der Waals surface area (Å²) in [5, 5.41) is 0. The van der Waals surface area contributed by atoms with Crippen LogP contribution in [-0.2, 0) is 9.47 Å². The molecule has 0 saturated carbocycles. The van der Waals surface area contributed by atoms with Crippen LogP contribution in [-0.4, -0.2) is 19.4 Å². The van der Waals surface area contributed by atoms with Gasteiger partial charge in [-0.1, -0.05) is 51.0 Å². The van der Waals surface area contributed by atoms with E-state index in [0.717, 1.165) is 33.4 Å². The van der Waals surface area contributed by atoms with Gasteiger partial charge in [0.2, 0.25) is 0 Å². The molecule has 0 bridgehead atoms. The molecule has 5 heteroatoms. The van der Waals surface area contributed by atoms with E-state index in [4.69, 9.17) is 18.9 Å². The molecule has 2 unspecified atom stereocenters. The third-order valence-corrected chi connectivity index (χ3v) is 5.50. The van der Waals surface area contributed by atoms with Crippen molar-refractivity contribution in [3.8, 4) is 11.5 Å². The number of hydrogen-bond donors (Lipinski definition) is 0. The van der Waals surface area contributed by atoms with Gasteiger partial charge in [-0.15, -0.1) is 0 Å². The van der Waals surface area contributed by atoms with Crippen molar-refractivity contribution in [2.24, 2.45) is 11.8 Å². The molecule has 188 valence electrons. The van der Waals surface area contributed by atoms with Crippen molar-refractivity contribution in [2.45, 2.75) is 81.4 Å². The quantitative estimate of drug-likeness (QED) is 0.260. The standard InChI is InChI=1S/C29H42O5/c1-17(2)15-31-23(9)25-13-19(5)11-21(7)27(25)33-29(30)34-28-22(8)12-20(6)14-26(28)24(10)32-16-18(3)4/h11-14,17-18,23-24H,15-16H2,1-10H3. The highest BCUT2D eigenvalue weighted by atomic mass is 16.7. The summed E-state index contributed by atoms with van der Waals surface area (Å²) in [6, 6.07) is 7.99. The lowest BCUT2D eigenvalue weighted by molar-refractivity contribution is 0.0441. The van der Waals surface area contributed by atoms with Crippen molar-refractivity contribution in [1.29, 1.82) is 0 Å². The largest absolute Gasteiger partial charge is 0.519 e. The molecule has 2 aromatic rings. The minimum Gasteiger partial charge on any atom is -0.394 e. The van der Waals surface area contributed by atoms with E-state index in [2.05, 4.69) is 27.7 Å². The highest BCUT2D eigenvalue weighted by Crippen LogP contribution is 2.35. The van der Waals surface area contributed by atoms with Crippen LogP contribution in [0.5, 0.6) is 11.5 Å². The van der Waals surface area contributed by atoms with Crippen LogP contribution in [0.15, 0.2) is 24.3 Å². The zero-order chi connectivity index (χ0) is 25.6. The van der Waals surface area contributed by atoms with Gasteiger partial charge in [0.1, 0.15) is 11.5 Å². The van der Waals surface area contributed by atoms with Crippen molar-refractivity contribution in [2.75, 3.05) is 13.2 Å². The van der Waals surface area contributed by atoms with Gasteiger partial charge in [0.25, 0.3) is 0 Å². The SMILES string of the molecule is Cc1cc(C)c(OC(=O)Oc2c(C)cc(C)cc2C(C)OCC(C)C)c(C(C)OCC(C)C)c1. The normalized spacial score (nSPS) is 13.3. The summed E-state index contributed by atoms with van der Waals surface area (Å²) in [5.41, 5.74) is 5.57. The third kappa shape index (κ3) is 7.85. The Balaban J connectivity index is 2.31. The molecule has 0 aromatic heterocycles. The molecule has 2 rings (SSSR count). The molecule has 0 spiro atoms. The van der Waals surface area contributed by atoms with Gasteiger partial charge in [-0.3, -0.25) is 0 Å². The molecule has 0 N–H and O–H groups in total. The monoisotopic (exact) mass is 470 g/mol. The lowest BCUT2D eigenvalue weighted by atomic mass is 10.0. The van der Waals surface area contributed by atoms with Gasteiger partial charge < -0.3 is 18.9 Å². The minimum atomic E-state index is -0.770. The van der Waals surface area contributed by atoms with Gasteiger partial charge >= 0.3 is 6.16 Å². The average molecular weight is 471 g/mol. The maximum Gasteiger partial charge on any atom is 0.519 e. The number of benzene rings is 2. The van der Waals surface area contributed by atoms with E-state index in [1.165, 1.54) is 0 Å². The van der Waals surface area contributed by atoms with Crippen LogP contribution in [0.1, 0.15) is 87.1 Å². The summed E-state index contributed by atoms with van der Waals surface area (Å²) in [6.45, 7) is 21.5. The first kappa shape index (κ1) is 27.9. The van der Waals surface area contributed by atoms with Gasteiger partial charge in [0.15, 0.2) is 0 Å². The van der Waals surface area contributed by atoms with Gasteiger partial charge in [-0.05, 0) is 76.6 Å². The molecule has 0 radical (unpaired) electrons. The predicted octanol–water partition coefficient (Wildman–Crippen LogP) is 7.97. The molecular formula is C29H42O5. The summed E-state index contributed by atoms with van der Waals surface area (Å²) < 4.78 is 23.6. The number of ether oxygens (including phenoxy) is 4. The topological polar surface area (TPSA) is 54.0 Å². The third-order valence-electron chi connectivity index (χ3n) is 5.50. The highest BCUT2D eigenvalue weighted by Gasteiger charge is 2.23. The van der Waals surface area contributed by atoms with Crippen LogP contribution in [0, 0.1) is 39.5 Å². The zero-order valence-electron chi connectivity index (χ0n) is 22.6. The van der Waals surface area contributed by atoms with Crippen LogP contribution in [0.3, 0.4) is 0 Å². The molecule has 0 amide bonds. The zero-order valence-corrected chi connectivity index (χ0v) is 22.6. The van der Waals surface area contributed by atoms with E-state index in [0.29, 0.717) is 36.5 Å². The van der Waals surface area contributed by atoms with E-state index >= 15 is 0 Å². The van der Waals surface area contributed by atoms with Crippen molar-refractivity contribution in [1.82, 2.24) is 0 Å². The first-order valence-electron chi connectivity index (χ1n) is 12.2. The fourth-order valence-corrected chi connectivity index (χ4v) is 3.90. The summed E-state index contributed by atoms with van der Waals surface area (Å²) in [7, 11) is 0. The Hall–Kier alpha value is -2.37. The Kier molecular flexibility index (Phi) is 10.1. The van der Waals surface area contributed by atoms with Crippen LogP contribution >= 0.6 is 0 Å². The summed E-state index contributed by atoms with van der Waals surface area (Å²) in [4.78, 5) is 13.0.